The Morgan fingerprint density at radius 3 is 2.44 bits per heavy atom. The number of carbonyl (C=O) groups excluding carboxylic acids is 3. The van der Waals surface area contributed by atoms with E-state index in [2.05, 4.69) is 5.32 Å². The van der Waals surface area contributed by atoms with Gasteiger partial charge >= 0.3 is 11.9 Å². The van der Waals surface area contributed by atoms with E-state index in [9.17, 15) is 14.4 Å². The van der Waals surface area contributed by atoms with Crippen LogP contribution in [0.5, 0.6) is 0 Å². The summed E-state index contributed by atoms with van der Waals surface area (Å²) < 4.78 is 9.66. The van der Waals surface area contributed by atoms with Gasteiger partial charge in [0, 0.05) is 11.4 Å². The highest BCUT2D eigenvalue weighted by molar-refractivity contribution is 6.35. The number of hydrogen-bond acceptors (Lipinski definition) is 5. The Bertz CT molecular complexity index is 826. The minimum Gasteiger partial charge on any atom is -0.467 e. The van der Waals surface area contributed by atoms with Gasteiger partial charge in [0.25, 0.3) is 5.91 Å². The van der Waals surface area contributed by atoms with Crippen molar-refractivity contribution in [2.24, 2.45) is 0 Å². The van der Waals surface area contributed by atoms with Crippen LogP contribution in [0.25, 0.3) is 0 Å². The average Bonchev–Trinajstić information content (AvgIpc) is 2.67. The van der Waals surface area contributed by atoms with Crippen LogP contribution in [0.2, 0.25) is 10.0 Å². The van der Waals surface area contributed by atoms with Crippen molar-refractivity contribution < 1.29 is 23.9 Å². The fourth-order valence-corrected chi connectivity index (χ4v) is 2.65. The molecule has 0 saturated heterocycles. The topological polar surface area (TPSA) is 81.7 Å². The summed E-state index contributed by atoms with van der Waals surface area (Å²) in [5.74, 6) is -2.04. The zero-order valence-corrected chi connectivity index (χ0v) is 15.9. The molecule has 8 heteroatoms. The van der Waals surface area contributed by atoms with Gasteiger partial charge in [0.1, 0.15) is 6.04 Å². The Morgan fingerprint density at radius 1 is 1.07 bits per heavy atom. The second-order valence-electron chi connectivity index (χ2n) is 5.53. The van der Waals surface area contributed by atoms with Crippen LogP contribution in [0.1, 0.15) is 15.9 Å². The molecule has 2 aromatic carbocycles. The van der Waals surface area contributed by atoms with Gasteiger partial charge in [-0.3, -0.25) is 4.79 Å². The van der Waals surface area contributed by atoms with E-state index in [0.29, 0.717) is 5.02 Å². The van der Waals surface area contributed by atoms with Gasteiger partial charge in [0.2, 0.25) is 0 Å². The third kappa shape index (κ3) is 6.27. The summed E-state index contributed by atoms with van der Waals surface area (Å²) >= 11 is 11.7. The first kappa shape index (κ1) is 20.7. The number of hydrogen-bond donors (Lipinski definition) is 1. The highest BCUT2D eigenvalue weighted by Crippen LogP contribution is 2.21. The number of benzene rings is 2. The van der Waals surface area contributed by atoms with Crippen LogP contribution in [-0.4, -0.2) is 37.6 Å². The zero-order valence-electron chi connectivity index (χ0n) is 14.4. The molecule has 0 fully saturated rings. The first-order chi connectivity index (χ1) is 12.9. The largest absolute Gasteiger partial charge is 0.467 e. The molecule has 0 spiro atoms. The van der Waals surface area contributed by atoms with Gasteiger partial charge in [-0.2, -0.15) is 0 Å². The number of nitrogens with one attached hydrogen (secondary N) is 1. The third-order valence-corrected chi connectivity index (χ3v) is 4.15. The average molecular weight is 410 g/mol. The minimum absolute atomic E-state index is 0.0470. The molecule has 1 amide bonds. The van der Waals surface area contributed by atoms with Crippen LogP contribution in [0.15, 0.2) is 48.5 Å². The number of ether oxygens (including phenoxy) is 2. The van der Waals surface area contributed by atoms with Crippen molar-refractivity contribution in [3.63, 3.8) is 0 Å². The van der Waals surface area contributed by atoms with Gasteiger partial charge < -0.3 is 14.8 Å². The van der Waals surface area contributed by atoms with E-state index >= 15 is 0 Å². The lowest BCUT2D eigenvalue weighted by atomic mass is 10.1. The Hall–Kier alpha value is -2.57. The fourth-order valence-electron chi connectivity index (χ4n) is 2.28. The zero-order chi connectivity index (χ0) is 19.8. The standard InChI is InChI=1S/C19H17Cl2NO5/c1-26-19(25)16(9-12-5-3-2-4-6-12)22-17(23)11-27-18(24)14-10-13(20)7-8-15(14)21/h2-8,10,16H,9,11H2,1H3,(H,22,23)/t16-/m1/s1. The number of rotatable bonds is 7. The summed E-state index contributed by atoms with van der Waals surface area (Å²) in [7, 11) is 1.23. The molecule has 0 aromatic heterocycles. The molecule has 6 nitrogen and oxygen atoms in total. The molecule has 0 saturated carbocycles. The van der Waals surface area contributed by atoms with Crippen LogP contribution >= 0.6 is 23.2 Å². The van der Waals surface area contributed by atoms with Gasteiger partial charge in [0.15, 0.2) is 6.61 Å². The number of carbonyl (C=O) groups is 3. The van der Waals surface area contributed by atoms with Crippen LogP contribution < -0.4 is 5.32 Å². The summed E-state index contributed by atoms with van der Waals surface area (Å²) in [5, 5.41) is 2.96. The summed E-state index contributed by atoms with van der Waals surface area (Å²) in [6.07, 6.45) is 0.243. The van der Waals surface area contributed by atoms with E-state index in [1.807, 2.05) is 30.3 Å². The SMILES string of the molecule is COC(=O)[C@@H](Cc1ccccc1)NC(=O)COC(=O)c1cc(Cl)ccc1Cl. The van der Waals surface area contributed by atoms with Gasteiger partial charge in [0.05, 0.1) is 17.7 Å². The van der Waals surface area contributed by atoms with Gasteiger partial charge in [-0.15, -0.1) is 0 Å². The van der Waals surface area contributed by atoms with Crippen molar-refractivity contribution in [1.82, 2.24) is 5.32 Å². The molecule has 0 aliphatic heterocycles. The second kappa shape index (κ2) is 9.94. The van der Waals surface area contributed by atoms with Crippen molar-refractivity contribution in [2.75, 3.05) is 13.7 Å². The molecule has 27 heavy (non-hydrogen) atoms. The molecule has 0 heterocycles. The molecular formula is C19H17Cl2NO5. The lowest BCUT2D eigenvalue weighted by Crippen LogP contribution is -2.44. The van der Waals surface area contributed by atoms with E-state index in [0.717, 1.165) is 5.56 Å². The van der Waals surface area contributed by atoms with Crippen LogP contribution in [0, 0.1) is 0 Å². The smallest absolute Gasteiger partial charge is 0.340 e. The maximum absolute atomic E-state index is 12.1. The second-order valence-corrected chi connectivity index (χ2v) is 6.38. The Kier molecular flexibility index (Phi) is 7.64. The van der Waals surface area contributed by atoms with Crippen molar-refractivity contribution in [1.29, 1.82) is 0 Å². The Balaban J connectivity index is 1.96. The van der Waals surface area contributed by atoms with E-state index in [-0.39, 0.29) is 17.0 Å². The summed E-state index contributed by atoms with van der Waals surface area (Å²) in [6, 6.07) is 12.5. The highest BCUT2D eigenvalue weighted by Gasteiger charge is 2.23. The number of amides is 1. The Morgan fingerprint density at radius 2 is 1.78 bits per heavy atom. The molecular weight excluding hydrogens is 393 g/mol. The maximum Gasteiger partial charge on any atom is 0.340 e. The summed E-state index contributed by atoms with van der Waals surface area (Å²) in [6.45, 7) is -0.579. The minimum atomic E-state index is -0.904. The maximum atomic E-state index is 12.1. The highest BCUT2D eigenvalue weighted by atomic mass is 35.5. The fraction of sp³-hybridized carbons (Fsp3) is 0.211. The van der Waals surface area contributed by atoms with Crippen molar-refractivity contribution in [3.8, 4) is 0 Å². The molecule has 2 rings (SSSR count). The van der Waals surface area contributed by atoms with E-state index in [1.54, 1.807) is 0 Å². The van der Waals surface area contributed by atoms with E-state index in [1.165, 1.54) is 25.3 Å². The third-order valence-electron chi connectivity index (χ3n) is 3.59. The molecule has 1 atom stereocenters. The lowest BCUT2D eigenvalue weighted by molar-refractivity contribution is -0.145. The van der Waals surface area contributed by atoms with Crippen molar-refractivity contribution >= 4 is 41.0 Å². The van der Waals surface area contributed by atoms with Gasteiger partial charge in [-0.05, 0) is 23.8 Å². The van der Waals surface area contributed by atoms with Crippen molar-refractivity contribution in [2.45, 2.75) is 12.5 Å². The van der Waals surface area contributed by atoms with E-state index in [4.69, 9.17) is 32.7 Å². The molecule has 0 aliphatic rings. The van der Waals surface area contributed by atoms with Gasteiger partial charge in [-0.1, -0.05) is 53.5 Å². The molecule has 1 N–H and O–H groups in total. The van der Waals surface area contributed by atoms with Crippen LogP contribution in [0.4, 0.5) is 0 Å². The predicted molar refractivity (Wildman–Crippen MR) is 101 cm³/mol. The Labute approximate surface area is 166 Å². The van der Waals surface area contributed by atoms with Crippen LogP contribution in [0.3, 0.4) is 0 Å². The first-order valence-corrected chi connectivity index (χ1v) is 8.69. The lowest BCUT2D eigenvalue weighted by Gasteiger charge is -2.16. The molecule has 0 aliphatic carbocycles. The summed E-state index contributed by atoms with van der Waals surface area (Å²) in [4.78, 5) is 36.1. The summed E-state index contributed by atoms with van der Waals surface area (Å²) in [5.41, 5.74) is 0.890. The van der Waals surface area contributed by atoms with E-state index < -0.39 is 30.5 Å². The number of methoxy groups -OCH3 is 1. The molecule has 2 aromatic rings. The molecule has 0 bridgehead atoms. The number of halogens is 2. The van der Waals surface area contributed by atoms with Crippen LogP contribution in [-0.2, 0) is 25.5 Å². The number of esters is 2. The molecule has 142 valence electrons. The normalized spacial score (nSPS) is 11.4. The van der Waals surface area contributed by atoms with Crippen molar-refractivity contribution in [3.05, 3.63) is 69.7 Å². The predicted octanol–water partition coefficient (Wildman–Crippen LogP) is 3.05. The molecule has 0 unspecified atom stereocenters. The quantitative estimate of drug-likeness (QED) is 0.710. The first-order valence-electron chi connectivity index (χ1n) is 7.94. The monoisotopic (exact) mass is 409 g/mol. The molecule has 0 radical (unpaired) electrons. The van der Waals surface area contributed by atoms with Gasteiger partial charge in [-0.25, -0.2) is 9.59 Å².